The zero-order valence-corrected chi connectivity index (χ0v) is 17.7. The van der Waals surface area contributed by atoms with E-state index in [0.29, 0.717) is 15.9 Å². The van der Waals surface area contributed by atoms with Crippen LogP contribution < -0.4 is 10.6 Å². The van der Waals surface area contributed by atoms with Crippen molar-refractivity contribution in [3.8, 4) is 0 Å². The molecule has 0 aliphatic rings. The molecular formula is C19H18F4N6O2S. The summed E-state index contributed by atoms with van der Waals surface area (Å²) in [5, 5.41) is 10.4. The van der Waals surface area contributed by atoms with Crippen LogP contribution in [0, 0.1) is 5.82 Å². The Kier molecular flexibility index (Phi) is 6.77. The molecule has 0 saturated heterocycles. The molecule has 0 spiro atoms. The topological polar surface area (TPSA) is 92.2 Å². The molecule has 0 atom stereocenters. The van der Waals surface area contributed by atoms with E-state index in [2.05, 4.69) is 20.7 Å². The number of rotatable bonds is 6. The highest BCUT2D eigenvalue weighted by Gasteiger charge is 2.39. The van der Waals surface area contributed by atoms with Gasteiger partial charge in [-0.05, 0) is 17.7 Å². The smallest absolute Gasteiger partial charge is 0.336 e. The van der Waals surface area contributed by atoms with Crippen LogP contribution >= 0.6 is 11.3 Å². The zero-order chi connectivity index (χ0) is 23.5. The number of urea groups is 1. The maximum Gasteiger partial charge on any atom is 0.433 e. The number of halogens is 4. The first kappa shape index (κ1) is 23.2. The first-order chi connectivity index (χ1) is 15.0. The highest BCUT2D eigenvalue weighted by Crippen LogP contribution is 2.32. The summed E-state index contributed by atoms with van der Waals surface area (Å²) in [7, 11) is 2.45. The number of amides is 3. The lowest BCUT2D eigenvalue weighted by molar-refractivity contribution is -0.144. The van der Waals surface area contributed by atoms with Gasteiger partial charge in [-0.15, -0.1) is 11.3 Å². The Bertz CT molecular complexity index is 1130. The Labute approximate surface area is 183 Å². The summed E-state index contributed by atoms with van der Waals surface area (Å²) in [5.74, 6) is -1.28. The van der Waals surface area contributed by atoms with E-state index in [9.17, 15) is 27.2 Å². The standard InChI is InChI=1S/C19H18F4N6O2S/c1-28(16(30)14-8-25-29(2)15(14)19(21,22)23)9-13-10-32-18(26-13)27-17(31)24-7-11-4-3-5-12(20)6-11/h3-6,8,10H,7,9H2,1-2H3,(H2,24,26,27,31). The highest BCUT2D eigenvalue weighted by atomic mass is 32.1. The van der Waals surface area contributed by atoms with E-state index < -0.39 is 35.2 Å². The lowest BCUT2D eigenvalue weighted by Crippen LogP contribution is -2.29. The number of alkyl halides is 3. The Morgan fingerprint density at radius 1 is 1.28 bits per heavy atom. The summed E-state index contributed by atoms with van der Waals surface area (Å²) in [6.45, 7) is 0.0276. The van der Waals surface area contributed by atoms with Crippen LogP contribution in [0.4, 0.5) is 27.5 Å². The Hall–Kier alpha value is -3.48. The van der Waals surface area contributed by atoms with Gasteiger partial charge >= 0.3 is 12.2 Å². The molecule has 2 aromatic heterocycles. The average Bonchev–Trinajstić information content (AvgIpc) is 3.31. The summed E-state index contributed by atoms with van der Waals surface area (Å²) in [5.41, 5.74) is -0.741. The van der Waals surface area contributed by atoms with E-state index >= 15 is 0 Å². The van der Waals surface area contributed by atoms with Crippen molar-refractivity contribution in [3.63, 3.8) is 0 Å². The minimum atomic E-state index is -4.73. The van der Waals surface area contributed by atoms with E-state index in [1.807, 2.05) is 0 Å². The molecule has 0 saturated carbocycles. The van der Waals surface area contributed by atoms with Gasteiger partial charge in [0.15, 0.2) is 10.8 Å². The van der Waals surface area contributed by atoms with Crippen LogP contribution in [-0.2, 0) is 26.3 Å². The minimum Gasteiger partial charge on any atom is -0.336 e. The molecular weight excluding hydrogens is 452 g/mol. The van der Waals surface area contributed by atoms with Crippen LogP contribution in [0.25, 0.3) is 0 Å². The molecule has 2 heterocycles. The van der Waals surface area contributed by atoms with Gasteiger partial charge in [-0.3, -0.25) is 14.8 Å². The minimum absolute atomic E-state index is 0.0753. The quantitative estimate of drug-likeness (QED) is 0.539. The van der Waals surface area contributed by atoms with Crippen molar-refractivity contribution in [3.05, 3.63) is 64.2 Å². The van der Waals surface area contributed by atoms with E-state index in [0.717, 1.165) is 29.5 Å². The fourth-order valence-corrected chi connectivity index (χ4v) is 3.55. The second kappa shape index (κ2) is 9.34. The summed E-state index contributed by atoms with van der Waals surface area (Å²) in [4.78, 5) is 29.7. The first-order valence-electron chi connectivity index (χ1n) is 9.13. The fourth-order valence-electron chi connectivity index (χ4n) is 2.86. The molecule has 0 radical (unpaired) electrons. The number of hydrogen-bond acceptors (Lipinski definition) is 5. The molecule has 3 amide bonds. The van der Waals surface area contributed by atoms with Crippen LogP contribution in [0.15, 0.2) is 35.8 Å². The number of nitrogens with one attached hydrogen (secondary N) is 2. The van der Waals surface area contributed by atoms with Gasteiger partial charge in [0.2, 0.25) is 0 Å². The van der Waals surface area contributed by atoms with E-state index in [4.69, 9.17) is 0 Å². The molecule has 0 aliphatic carbocycles. The number of carbonyl (C=O) groups is 2. The molecule has 2 N–H and O–H groups in total. The molecule has 0 fully saturated rings. The molecule has 3 rings (SSSR count). The maximum absolute atomic E-state index is 13.2. The van der Waals surface area contributed by atoms with E-state index in [1.54, 1.807) is 11.4 Å². The van der Waals surface area contributed by atoms with Crippen molar-refractivity contribution >= 4 is 28.4 Å². The van der Waals surface area contributed by atoms with E-state index in [1.165, 1.54) is 25.2 Å². The van der Waals surface area contributed by atoms with Crippen molar-refractivity contribution in [2.45, 2.75) is 19.3 Å². The number of hydrogen-bond donors (Lipinski definition) is 2. The third-order valence-electron chi connectivity index (χ3n) is 4.30. The number of nitrogens with zero attached hydrogens (tertiary/aromatic N) is 4. The first-order valence-corrected chi connectivity index (χ1v) is 10.0. The summed E-state index contributed by atoms with van der Waals surface area (Å²) < 4.78 is 53.4. The second-order valence-electron chi connectivity index (χ2n) is 6.77. The molecule has 170 valence electrons. The van der Waals surface area contributed by atoms with Gasteiger partial charge in [-0.1, -0.05) is 12.1 Å². The lowest BCUT2D eigenvalue weighted by Gasteiger charge is -2.17. The Balaban J connectivity index is 1.58. The van der Waals surface area contributed by atoms with Gasteiger partial charge in [0.25, 0.3) is 5.91 Å². The maximum atomic E-state index is 13.2. The molecule has 13 heteroatoms. The number of thiazole rings is 1. The zero-order valence-electron chi connectivity index (χ0n) is 16.9. The van der Waals surface area contributed by atoms with Gasteiger partial charge in [0.05, 0.1) is 24.0 Å². The van der Waals surface area contributed by atoms with Crippen LogP contribution in [0.1, 0.15) is 27.3 Å². The predicted molar refractivity (Wildman–Crippen MR) is 108 cm³/mol. The molecule has 0 bridgehead atoms. The van der Waals surface area contributed by atoms with Crippen molar-refractivity contribution in [1.29, 1.82) is 0 Å². The number of benzene rings is 1. The molecule has 32 heavy (non-hydrogen) atoms. The van der Waals surface area contributed by atoms with Gasteiger partial charge in [0.1, 0.15) is 5.82 Å². The molecule has 0 aliphatic heterocycles. The monoisotopic (exact) mass is 470 g/mol. The number of carbonyl (C=O) groups excluding carboxylic acids is 2. The van der Waals surface area contributed by atoms with E-state index in [-0.39, 0.29) is 18.2 Å². The molecule has 0 unspecified atom stereocenters. The summed E-state index contributed by atoms with van der Waals surface area (Å²) >= 11 is 1.09. The third kappa shape index (κ3) is 5.60. The number of aryl methyl sites for hydroxylation is 1. The second-order valence-corrected chi connectivity index (χ2v) is 7.63. The molecule has 8 nitrogen and oxygen atoms in total. The van der Waals surface area contributed by atoms with Crippen LogP contribution in [0.5, 0.6) is 0 Å². The number of aromatic nitrogens is 3. The SMILES string of the molecule is CN(Cc1csc(NC(=O)NCc2cccc(F)c2)n1)C(=O)c1cnn(C)c1C(F)(F)F. The lowest BCUT2D eigenvalue weighted by atomic mass is 10.2. The normalized spacial score (nSPS) is 11.3. The molecule has 1 aromatic carbocycles. The van der Waals surface area contributed by atoms with Crippen molar-refractivity contribution in [2.24, 2.45) is 7.05 Å². The van der Waals surface area contributed by atoms with Crippen molar-refractivity contribution in [2.75, 3.05) is 12.4 Å². The Morgan fingerprint density at radius 3 is 2.72 bits per heavy atom. The van der Waals surface area contributed by atoms with Crippen LogP contribution in [0.3, 0.4) is 0 Å². The van der Waals surface area contributed by atoms with Gasteiger partial charge in [-0.2, -0.15) is 18.3 Å². The summed E-state index contributed by atoms with van der Waals surface area (Å²) in [6, 6.07) is 5.20. The summed E-state index contributed by atoms with van der Waals surface area (Å²) in [6.07, 6.45) is -3.85. The van der Waals surface area contributed by atoms with Gasteiger partial charge in [-0.25, -0.2) is 14.2 Å². The highest BCUT2D eigenvalue weighted by molar-refractivity contribution is 7.13. The molecule has 3 aromatic rings. The third-order valence-corrected chi connectivity index (χ3v) is 5.10. The predicted octanol–water partition coefficient (Wildman–Crippen LogP) is 3.63. The van der Waals surface area contributed by atoms with Crippen LogP contribution in [-0.4, -0.2) is 38.7 Å². The van der Waals surface area contributed by atoms with Gasteiger partial charge in [0, 0.05) is 26.0 Å². The Morgan fingerprint density at radius 2 is 2.03 bits per heavy atom. The van der Waals surface area contributed by atoms with Crippen molar-refractivity contribution < 1.29 is 27.2 Å². The van der Waals surface area contributed by atoms with Crippen molar-refractivity contribution in [1.82, 2.24) is 25.0 Å². The number of anilines is 1. The fraction of sp³-hybridized carbons (Fsp3) is 0.263. The van der Waals surface area contributed by atoms with Crippen LogP contribution in [0.2, 0.25) is 0 Å². The largest absolute Gasteiger partial charge is 0.433 e. The average molecular weight is 470 g/mol. The van der Waals surface area contributed by atoms with Gasteiger partial charge < -0.3 is 10.2 Å².